The quantitative estimate of drug-likeness (QED) is 0.344. The lowest BCUT2D eigenvalue weighted by molar-refractivity contribution is -0.124. The Morgan fingerprint density at radius 1 is 1.08 bits per heavy atom. The van der Waals surface area contributed by atoms with Gasteiger partial charge in [0.2, 0.25) is 5.95 Å². The average molecular weight is 554 g/mol. The summed E-state index contributed by atoms with van der Waals surface area (Å²) in [4.78, 5) is 23.3. The first-order chi connectivity index (χ1) is 17.5. The Hall–Kier alpha value is -3.75. The number of rotatable bonds is 5. The summed E-state index contributed by atoms with van der Waals surface area (Å²) in [6, 6.07) is 17.3. The minimum atomic E-state index is -4.71. The first-order valence-electron chi connectivity index (χ1n) is 10.8. The van der Waals surface area contributed by atoms with Gasteiger partial charge >= 0.3 is 10.1 Å². The molecule has 0 spiro atoms. The van der Waals surface area contributed by atoms with Crippen LogP contribution in [0, 0.1) is 11.3 Å². The maximum absolute atomic E-state index is 13.9. The standard InChI is InChI=1S/C25H17Cl2N5O4S/c1-25(12-15-4-6-16(7-5-15)20-3-2-8-29-21(20)13-28)23(33)31(19-10-17(26)9-18(27)11-19)24-30-14-22(32(24)25)37(34,35)36/h2-11,14H,12H2,1H3,(H,34,35,36). The molecule has 1 unspecified atom stereocenters. The molecule has 1 amide bonds. The van der Waals surface area contributed by atoms with Crippen molar-refractivity contribution >= 4 is 50.9 Å². The summed E-state index contributed by atoms with van der Waals surface area (Å²) in [6.45, 7) is 1.57. The molecule has 2 aromatic heterocycles. The maximum Gasteiger partial charge on any atom is 0.312 e. The summed E-state index contributed by atoms with van der Waals surface area (Å²) in [5.74, 6) is -0.481. The number of anilines is 2. The second kappa shape index (κ2) is 8.97. The lowest BCUT2D eigenvalue weighted by Gasteiger charge is -2.26. The molecular weight excluding hydrogens is 537 g/mol. The van der Waals surface area contributed by atoms with Gasteiger partial charge in [-0.15, -0.1) is 0 Å². The van der Waals surface area contributed by atoms with Crippen LogP contribution >= 0.6 is 23.2 Å². The SMILES string of the molecule is CC1(Cc2ccc(-c3cccnc3C#N)cc2)C(=O)N(c2cc(Cl)cc(Cl)c2)c2ncc(S(=O)(=O)O)n21. The zero-order valence-electron chi connectivity index (χ0n) is 19.1. The zero-order valence-corrected chi connectivity index (χ0v) is 21.5. The van der Waals surface area contributed by atoms with Crippen LogP contribution in [0.15, 0.2) is 72.0 Å². The summed E-state index contributed by atoms with van der Waals surface area (Å²) < 4.78 is 35.5. The summed E-state index contributed by atoms with van der Waals surface area (Å²) in [5.41, 5.74) is 1.23. The van der Waals surface area contributed by atoms with E-state index in [0.717, 1.165) is 11.8 Å². The van der Waals surface area contributed by atoms with Crippen molar-refractivity contribution in [2.75, 3.05) is 4.90 Å². The first-order valence-corrected chi connectivity index (χ1v) is 13.0. The van der Waals surface area contributed by atoms with E-state index in [1.165, 1.54) is 33.9 Å². The van der Waals surface area contributed by atoms with E-state index in [1.54, 1.807) is 43.3 Å². The fourth-order valence-electron chi connectivity index (χ4n) is 4.54. The van der Waals surface area contributed by atoms with Crippen LogP contribution in [0.4, 0.5) is 11.6 Å². The van der Waals surface area contributed by atoms with Gasteiger partial charge < -0.3 is 0 Å². The third-order valence-electron chi connectivity index (χ3n) is 6.16. The van der Waals surface area contributed by atoms with Crippen molar-refractivity contribution in [3.8, 4) is 17.2 Å². The van der Waals surface area contributed by atoms with Gasteiger partial charge in [0.15, 0.2) is 5.03 Å². The Morgan fingerprint density at radius 2 is 1.76 bits per heavy atom. The number of carbonyl (C=O) groups is 1. The van der Waals surface area contributed by atoms with Gasteiger partial charge in [-0.1, -0.05) is 47.5 Å². The first kappa shape index (κ1) is 24.9. The summed E-state index contributed by atoms with van der Waals surface area (Å²) in [7, 11) is -4.71. The minimum Gasteiger partial charge on any atom is -0.283 e. The van der Waals surface area contributed by atoms with Crippen molar-refractivity contribution in [1.82, 2.24) is 14.5 Å². The number of hydrogen-bond acceptors (Lipinski definition) is 6. The molecule has 1 aliphatic rings. The van der Waals surface area contributed by atoms with Crippen LogP contribution in [0.5, 0.6) is 0 Å². The van der Waals surface area contributed by atoms with E-state index in [1.807, 2.05) is 0 Å². The van der Waals surface area contributed by atoms with E-state index in [0.29, 0.717) is 16.8 Å². The number of aromatic nitrogens is 3. The molecule has 1 atom stereocenters. The summed E-state index contributed by atoms with van der Waals surface area (Å²) in [6.07, 6.45) is 2.61. The van der Waals surface area contributed by atoms with Crippen LogP contribution in [-0.4, -0.2) is 33.4 Å². The number of imidazole rings is 1. The molecule has 2 aromatic carbocycles. The molecule has 1 aliphatic heterocycles. The summed E-state index contributed by atoms with van der Waals surface area (Å²) in [5, 5.41) is 9.40. The van der Waals surface area contributed by atoms with E-state index in [9.17, 15) is 23.0 Å². The Kier molecular flexibility index (Phi) is 6.04. The molecule has 1 N–H and O–H groups in total. The van der Waals surface area contributed by atoms with Crippen molar-refractivity contribution < 1.29 is 17.8 Å². The van der Waals surface area contributed by atoms with Crippen molar-refractivity contribution in [2.45, 2.75) is 23.9 Å². The van der Waals surface area contributed by atoms with Gasteiger partial charge in [-0.2, -0.15) is 13.7 Å². The molecule has 9 nitrogen and oxygen atoms in total. The number of halogens is 2. The fourth-order valence-corrected chi connectivity index (χ4v) is 5.75. The number of nitriles is 1. The molecule has 0 aliphatic carbocycles. The largest absolute Gasteiger partial charge is 0.312 e. The highest BCUT2D eigenvalue weighted by Crippen LogP contribution is 2.44. The third-order valence-corrected chi connectivity index (χ3v) is 7.42. The highest BCUT2D eigenvalue weighted by atomic mass is 35.5. The molecule has 186 valence electrons. The molecule has 5 rings (SSSR count). The Balaban J connectivity index is 1.60. The van der Waals surface area contributed by atoms with Gasteiger partial charge in [-0.25, -0.2) is 14.9 Å². The van der Waals surface area contributed by atoms with Gasteiger partial charge in [0.05, 0.1) is 11.9 Å². The molecule has 0 saturated heterocycles. The molecule has 0 fully saturated rings. The lowest BCUT2D eigenvalue weighted by Crippen LogP contribution is -2.41. The van der Waals surface area contributed by atoms with Crippen LogP contribution < -0.4 is 4.90 Å². The molecule has 12 heteroatoms. The highest BCUT2D eigenvalue weighted by Gasteiger charge is 2.51. The van der Waals surface area contributed by atoms with E-state index in [4.69, 9.17) is 23.2 Å². The molecule has 37 heavy (non-hydrogen) atoms. The number of nitrogens with zero attached hydrogens (tertiary/aromatic N) is 5. The molecule has 4 aromatic rings. The third kappa shape index (κ3) is 4.26. The van der Waals surface area contributed by atoms with Crippen molar-refractivity contribution in [2.24, 2.45) is 0 Å². The number of carbonyl (C=O) groups excluding carboxylic acids is 1. The van der Waals surface area contributed by atoms with Crippen molar-refractivity contribution in [1.29, 1.82) is 5.26 Å². The van der Waals surface area contributed by atoms with Gasteiger partial charge in [-0.3, -0.25) is 13.9 Å². The molecule has 0 saturated carbocycles. The number of hydrogen-bond donors (Lipinski definition) is 1. The monoisotopic (exact) mass is 553 g/mol. The molecule has 3 heterocycles. The average Bonchev–Trinajstić information content (AvgIpc) is 3.37. The van der Waals surface area contributed by atoms with Crippen LogP contribution in [0.2, 0.25) is 10.0 Å². The normalized spacial score (nSPS) is 17.1. The van der Waals surface area contributed by atoms with Crippen LogP contribution in [0.3, 0.4) is 0 Å². The lowest BCUT2D eigenvalue weighted by atomic mass is 9.91. The molecule has 0 bridgehead atoms. The van der Waals surface area contributed by atoms with Crippen LogP contribution in [-0.2, 0) is 26.9 Å². The Morgan fingerprint density at radius 3 is 2.38 bits per heavy atom. The molecule has 0 radical (unpaired) electrons. The number of fused-ring (bicyclic) bond motifs is 1. The predicted octanol–water partition coefficient (Wildman–Crippen LogP) is 5.01. The van der Waals surface area contributed by atoms with Crippen LogP contribution in [0.1, 0.15) is 18.2 Å². The van der Waals surface area contributed by atoms with E-state index < -0.39 is 26.6 Å². The predicted molar refractivity (Wildman–Crippen MR) is 137 cm³/mol. The number of benzene rings is 2. The number of amides is 1. The fraction of sp³-hybridized carbons (Fsp3) is 0.120. The zero-order chi connectivity index (χ0) is 26.5. The summed E-state index contributed by atoms with van der Waals surface area (Å²) >= 11 is 12.3. The highest BCUT2D eigenvalue weighted by molar-refractivity contribution is 7.85. The second-order valence-electron chi connectivity index (χ2n) is 8.63. The van der Waals surface area contributed by atoms with Crippen LogP contribution in [0.25, 0.3) is 11.1 Å². The van der Waals surface area contributed by atoms with Gasteiger partial charge in [0.25, 0.3) is 5.91 Å². The Labute approximate surface area is 222 Å². The van der Waals surface area contributed by atoms with Crippen molar-refractivity contribution in [3.63, 3.8) is 0 Å². The van der Waals surface area contributed by atoms with Gasteiger partial charge in [0.1, 0.15) is 17.3 Å². The Bertz CT molecular complexity index is 1690. The number of pyridine rings is 1. The van der Waals surface area contributed by atoms with E-state index in [2.05, 4.69) is 16.0 Å². The molecular formula is C25H17Cl2N5O4S. The minimum absolute atomic E-state index is 0.00380. The van der Waals surface area contributed by atoms with Gasteiger partial charge in [-0.05, 0) is 48.4 Å². The van der Waals surface area contributed by atoms with Gasteiger partial charge in [0, 0.05) is 28.2 Å². The van der Waals surface area contributed by atoms with Crippen molar-refractivity contribution in [3.05, 3.63) is 88.3 Å². The van der Waals surface area contributed by atoms with E-state index >= 15 is 0 Å². The van der Waals surface area contributed by atoms with E-state index in [-0.39, 0.29) is 28.1 Å². The maximum atomic E-state index is 13.9. The smallest absolute Gasteiger partial charge is 0.283 e. The topological polar surface area (TPSA) is 129 Å². The second-order valence-corrected chi connectivity index (χ2v) is 10.9.